The van der Waals surface area contributed by atoms with E-state index in [1.54, 1.807) is 12.1 Å². The fourth-order valence-corrected chi connectivity index (χ4v) is 2.01. The van der Waals surface area contributed by atoms with Crippen LogP contribution in [0.4, 0.5) is 10.8 Å². The number of pyridine rings is 1. The lowest BCUT2D eigenvalue weighted by molar-refractivity contribution is -0.115. The van der Waals surface area contributed by atoms with Crippen LogP contribution in [0.5, 0.6) is 0 Å². The summed E-state index contributed by atoms with van der Waals surface area (Å²) in [5.74, 6) is -0.161. The van der Waals surface area contributed by atoms with Crippen molar-refractivity contribution >= 4 is 40.5 Å². The van der Waals surface area contributed by atoms with E-state index in [9.17, 15) is 4.79 Å². The van der Waals surface area contributed by atoms with Crippen LogP contribution in [0.3, 0.4) is 0 Å². The monoisotopic (exact) mass is 299 g/mol. The molecule has 0 bridgehead atoms. The summed E-state index contributed by atoms with van der Waals surface area (Å²) in [6.07, 6.45) is 2.54. The third-order valence-electron chi connectivity index (χ3n) is 2.20. The number of nitrogens with one attached hydrogen (secondary N) is 1. The van der Waals surface area contributed by atoms with Crippen molar-refractivity contribution in [3.05, 3.63) is 29.0 Å². The van der Waals surface area contributed by atoms with E-state index >= 15 is 0 Å². The minimum absolute atomic E-state index is 0. The molecule has 102 valence electrons. The third-order valence-corrected chi connectivity index (χ3v) is 3.19. The fraction of sp³-hybridized carbons (Fsp3) is 0.273. The number of carbonyl (C=O) groups excluding carboxylic acids is 1. The van der Waals surface area contributed by atoms with Gasteiger partial charge in [-0.25, -0.2) is 0 Å². The number of aromatic nitrogens is 3. The number of nitrogens with two attached hydrogens (primary N) is 1. The fourth-order valence-electron chi connectivity index (χ4n) is 1.32. The summed E-state index contributed by atoms with van der Waals surface area (Å²) in [5.41, 5.74) is 6.77. The smallest absolute Gasteiger partial charge is 0.232 e. The highest BCUT2D eigenvalue weighted by Crippen LogP contribution is 2.15. The molecule has 2 aromatic rings. The van der Waals surface area contributed by atoms with E-state index in [1.807, 2.05) is 6.92 Å². The lowest BCUT2D eigenvalue weighted by Crippen LogP contribution is -2.15. The van der Waals surface area contributed by atoms with Gasteiger partial charge in [0.2, 0.25) is 11.0 Å². The molecule has 2 aromatic heterocycles. The van der Waals surface area contributed by atoms with E-state index in [-0.39, 0.29) is 24.7 Å². The first-order valence-electron chi connectivity index (χ1n) is 5.50. The molecule has 0 unspecified atom stereocenters. The minimum Gasteiger partial charge on any atom is -0.397 e. The molecule has 6 nitrogen and oxygen atoms in total. The molecule has 0 aliphatic carbocycles. The Bertz CT molecular complexity index is 542. The maximum absolute atomic E-state index is 11.7. The first-order valence-corrected chi connectivity index (χ1v) is 6.31. The van der Waals surface area contributed by atoms with E-state index in [1.165, 1.54) is 17.5 Å². The zero-order chi connectivity index (χ0) is 13.0. The standard InChI is InChI=1S/C11H13N5OS.ClH/c1-2-10-15-16-11(18-10)14-9(17)5-8-4-3-7(12)6-13-8;/h3-4,6H,2,5,12H2,1H3,(H,14,16,17);1H. The average Bonchev–Trinajstić information content (AvgIpc) is 2.79. The van der Waals surface area contributed by atoms with Gasteiger partial charge in [-0.3, -0.25) is 9.78 Å². The zero-order valence-electron chi connectivity index (χ0n) is 10.3. The molecule has 0 aliphatic heterocycles. The average molecular weight is 300 g/mol. The number of nitrogens with zero attached hydrogens (tertiary/aromatic N) is 3. The Balaban J connectivity index is 0.00000180. The van der Waals surface area contributed by atoms with E-state index in [4.69, 9.17) is 5.73 Å². The van der Waals surface area contributed by atoms with E-state index in [2.05, 4.69) is 20.5 Å². The molecule has 3 N–H and O–H groups in total. The molecule has 0 aromatic carbocycles. The first-order chi connectivity index (χ1) is 8.67. The summed E-state index contributed by atoms with van der Waals surface area (Å²) < 4.78 is 0. The van der Waals surface area contributed by atoms with Crippen LogP contribution >= 0.6 is 23.7 Å². The summed E-state index contributed by atoms with van der Waals surface area (Å²) in [6.45, 7) is 1.99. The Hall–Kier alpha value is -1.73. The van der Waals surface area contributed by atoms with Gasteiger partial charge in [0.15, 0.2) is 0 Å². The van der Waals surface area contributed by atoms with Crippen molar-refractivity contribution < 1.29 is 4.79 Å². The summed E-state index contributed by atoms with van der Waals surface area (Å²) in [6, 6.07) is 3.45. The van der Waals surface area contributed by atoms with Gasteiger partial charge in [-0.1, -0.05) is 18.3 Å². The number of carbonyl (C=O) groups is 1. The molecule has 0 radical (unpaired) electrons. The molecule has 8 heteroatoms. The van der Waals surface area contributed by atoms with Crippen molar-refractivity contribution in [1.29, 1.82) is 0 Å². The number of halogens is 1. The minimum atomic E-state index is -0.161. The largest absolute Gasteiger partial charge is 0.397 e. The summed E-state index contributed by atoms with van der Waals surface area (Å²) in [7, 11) is 0. The molecular formula is C11H14ClN5OS. The topological polar surface area (TPSA) is 93.8 Å². The van der Waals surface area contributed by atoms with Gasteiger partial charge in [-0.15, -0.1) is 22.6 Å². The third kappa shape index (κ3) is 4.46. The van der Waals surface area contributed by atoms with Crippen LogP contribution in [-0.2, 0) is 17.6 Å². The highest BCUT2D eigenvalue weighted by molar-refractivity contribution is 7.15. The molecule has 0 spiro atoms. The normalized spacial score (nSPS) is 9.74. The van der Waals surface area contributed by atoms with Gasteiger partial charge in [-0.2, -0.15) is 0 Å². The number of anilines is 2. The maximum Gasteiger partial charge on any atom is 0.232 e. The number of nitrogen functional groups attached to an aromatic ring is 1. The van der Waals surface area contributed by atoms with Crippen LogP contribution in [0.15, 0.2) is 18.3 Å². The van der Waals surface area contributed by atoms with Crippen LogP contribution in [0.2, 0.25) is 0 Å². The van der Waals surface area contributed by atoms with Crippen LogP contribution in [0, 0.1) is 0 Å². The van der Waals surface area contributed by atoms with Crippen molar-refractivity contribution in [3.63, 3.8) is 0 Å². The van der Waals surface area contributed by atoms with Crippen molar-refractivity contribution in [2.24, 2.45) is 0 Å². The van der Waals surface area contributed by atoms with Crippen molar-refractivity contribution in [2.45, 2.75) is 19.8 Å². The molecular weight excluding hydrogens is 286 g/mol. The number of hydrogen-bond acceptors (Lipinski definition) is 6. The molecule has 1 amide bonds. The maximum atomic E-state index is 11.7. The van der Waals surface area contributed by atoms with Gasteiger partial charge in [0, 0.05) is 5.69 Å². The number of rotatable bonds is 4. The van der Waals surface area contributed by atoms with Gasteiger partial charge >= 0.3 is 0 Å². The van der Waals surface area contributed by atoms with Crippen LogP contribution in [-0.4, -0.2) is 21.1 Å². The van der Waals surface area contributed by atoms with Gasteiger partial charge in [0.05, 0.1) is 18.3 Å². The molecule has 0 aliphatic rings. The van der Waals surface area contributed by atoms with Gasteiger partial charge in [0.1, 0.15) is 5.01 Å². The number of amides is 1. The lowest BCUT2D eigenvalue weighted by atomic mass is 10.2. The van der Waals surface area contributed by atoms with Crippen LogP contribution < -0.4 is 11.1 Å². The molecule has 0 fully saturated rings. The first kappa shape index (κ1) is 15.3. The SMILES string of the molecule is CCc1nnc(NC(=O)Cc2ccc(N)cn2)s1.Cl. The van der Waals surface area contributed by atoms with Gasteiger partial charge < -0.3 is 11.1 Å². The van der Waals surface area contributed by atoms with E-state index in [0.29, 0.717) is 16.5 Å². The van der Waals surface area contributed by atoms with Gasteiger partial charge in [0.25, 0.3) is 0 Å². The lowest BCUT2D eigenvalue weighted by Gasteiger charge is -2.01. The molecule has 2 heterocycles. The number of hydrogen-bond donors (Lipinski definition) is 2. The second-order valence-electron chi connectivity index (χ2n) is 3.66. The molecule has 0 saturated carbocycles. The predicted molar refractivity (Wildman–Crippen MR) is 77.5 cm³/mol. The molecule has 0 atom stereocenters. The zero-order valence-corrected chi connectivity index (χ0v) is 11.9. The summed E-state index contributed by atoms with van der Waals surface area (Å²) >= 11 is 1.38. The van der Waals surface area contributed by atoms with Crippen LogP contribution in [0.25, 0.3) is 0 Å². The predicted octanol–water partition coefficient (Wildman–Crippen LogP) is 1.68. The Morgan fingerprint density at radius 1 is 1.42 bits per heavy atom. The molecule has 0 saturated heterocycles. The van der Waals surface area contributed by atoms with Crippen molar-refractivity contribution in [3.8, 4) is 0 Å². The van der Waals surface area contributed by atoms with Crippen molar-refractivity contribution in [1.82, 2.24) is 15.2 Å². The summed E-state index contributed by atoms with van der Waals surface area (Å²) in [5, 5.41) is 11.9. The molecule has 2 rings (SSSR count). The Labute approximate surface area is 120 Å². The second kappa shape index (κ2) is 7.01. The summed E-state index contributed by atoms with van der Waals surface area (Å²) in [4.78, 5) is 15.8. The highest BCUT2D eigenvalue weighted by Gasteiger charge is 2.08. The molecule has 19 heavy (non-hydrogen) atoms. The number of aryl methyl sites for hydroxylation is 1. The second-order valence-corrected chi connectivity index (χ2v) is 4.72. The van der Waals surface area contributed by atoms with Gasteiger partial charge in [-0.05, 0) is 18.6 Å². The Kier molecular flexibility index (Phi) is 5.65. The van der Waals surface area contributed by atoms with Crippen molar-refractivity contribution in [2.75, 3.05) is 11.1 Å². The Morgan fingerprint density at radius 3 is 2.79 bits per heavy atom. The quantitative estimate of drug-likeness (QED) is 0.896. The van der Waals surface area contributed by atoms with E-state index < -0.39 is 0 Å². The Morgan fingerprint density at radius 2 is 2.21 bits per heavy atom. The van der Waals surface area contributed by atoms with E-state index in [0.717, 1.165) is 11.4 Å². The van der Waals surface area contributed by atoms with Crippen LogP contribution in [0.1, 0.15) is 17.6 Å². The highest BCUT2D eigenvalue weighted by atomic mass is 35.5.